The molecule has 0 amide bonds. The smallest absolute Gasteiger partial charge is 0.336 e. The maximum absolute atomic E-state index is 12.7. The van der Waals surface area contributed by atoms with Gasteiger partial charge in [-0.15, -0.1) is 0 Å². The minimum absolute atomic E-state index is 0.0544. The molecule has 1 atom stereocenters. The monoisotopic (exact) mass is 368 g/mol. The summed E-state index contributed by atoms with van der Waals surface area (Å²) in [6, 6.07) is 10.5. The largest absolute Gasteiger partial charge is 0.467 e. The number of hydrazone groups is 1. The first-order valence-electron chi connectivity index (χ1n) is 7.95. The number of hydrogen-bond donors (Lipinski definition) is 0. The molecule has 0 aliphatic carbocycles. The molecule has 8 heteroatoms. The summed E-state index contributed by atoms with van der Waals surface area (Å²) in [5.74, 6) is -1.97. The van der Waals surface area contributed by atoms with Crippen molar-refractivity contribution in [3.8, 4) is 0 Å². The molecule has 1 unspecified atom stereocenters. The molecule has 8 nitrogen and oxygen atoms in total. The van der Waals surface area contributed by atoms with E-state index in [0.29, 0.717) is 5.69 Å². The summed E-state index contributed by atoms with van der Waals surface area (Å²) < 4.78 is 14.7. The third-order valence-electron chi connectivity index (χ3n) is 3.89. The Morgan fingerprint density at radius 2 is 1.78 bits per heavy atom. The lowest BCUT2D eigenvalue weighted by Crippen LogP contribution is -2.46. The highest BCUT2D eigenvalue weighted by molar-refractivity contribution is 6.50. The molecule has 0 saturated heterocycles. The van der Waals surface area contributed by atoms with E-state index in [1.54, 1.807) is 36.4 Å². The number of methoxy groups -OCH3 is 2. The zero-order valence-corrected chi connectivity index (χ0v) is 14.6. The lowest BCUT2D eigenvalue weighted by atomic mass is 10.00. The zero-order valence-electron chi connectivity index (χ0n) is 14.6. The van der Waals surface area contributed by atoms with Crippen molar-refractivity contribution in [2.24, 2.45) is 5.10 Å². The van der Waals surface area contributed by atoms with Gasteiger partial charge < -0.3 is 13.9 Å². The highest BCUT2D eigenvalue weighted by atomic mass is 16.5. The van der Waals surface area contributed by atoms with Crippen LogP contribution < -0.4 is 5.01 Å². The van der Waals surface area contributed by atoms with Gasteiger partial charge in [-0.1, -0.05) is 18.2 Å². The Morgan fingerprint density at radius 3 is 2.37 bits per heavy atom. The molecule has 3 rings (SSSR count). The van der Waals surface area contributed by atoms with Crippen molar-refractivity contribution < 1.29 is 28.3 Å². The number of carbonyl (C=O) groups excluding carboxylic acids is 3. The molecule has 0 N–H and O–H groups in total. The molecule has 0 bridgehead atoms. The number of rotatable bonds is 5. The van der Waals surface area contributed by atoms with Crippen LogP contribution in [0.15, 0.2) is 69.9 Å². The van der Waals surface area contributed by atoms with Gasteiger partial charge in [-0.05, 0) is 30.3 Å². The minimum Gasteiger partial charge on any atom is -0.467 e. The van der Waals surface area contributed by atoms with E-state index >= 15 is 0 Å². The Morgan fingerprint density at radius 1 is 1.04 bits per heavy atom. The van der Waals surface area contributed by atoms with Gasteiger partial charge in [-0.2, -0.15) is 5.10 Å². The maximum Gasteiger partial charge on any atom is 0.336 e. The van der Waals surface area contributed by atoms with Gasteiger partial charge in [0.15, 0.2) is 11.8 Å². The van der Waals surface area contributed by atoms with E-state index in [4.69, 9.17) is 13.9 Å². The fraction of sp³-hybridized carbons (Fsp3) is 0.158. The Balaban J connectivity index is 2.14. The summed E-state index contributed by atoms with van der Waals surface area (Å²) in [5.41, 5.74) is 0.347. The van der Waals surface area contributed by atoms with Crippen LogP contribution >= 0.6 is 0 Å². The number of esters is 2. The van der Waals surface area contributed by atoms with Crippen molar-refractivity contribution in [3.05, 3.63) is 66.1 Å². The second kappa shape index (κ2) is 7.69. The number of ketones is 1. The number of anilines is 1. The molecule has 0 saturated carbocycles. The maximum atomic E-state index is 12.7. The molecule has 0 spiro atoms. The lowest BCUT2D eigenvalue weighted by Gasteiger charge is -2.31. The average Bonchev–Trinajstić information content (AvgIpc) is 3.26. The van der Waals surface area contributed by atoms with Crippen molar-refractivity contribution >= 4 is 29.1 Å². The molecule has 0 radical (unpaired) electrons. The first-order valence-corrected chi connectivity index (χ1v) is 7.95. The summed E-state index contributed by atoms with van der Waals surface area (Å²) in [4.78, 5) is 37.4. The van der Waals surface area contributed by atoms with Gasteiger partial charge in [0.2, 0.25) is 5.78 Å². The summed E-state index contributed by atoms with van der Waals surface area (Å²) in [5, 5.41) is 5.54. The summed E-state index contributed by atoms with van der Waals surface area (Å²) >= 11 is 0. The third kappa shape index (κ3) is 3.50. The molecular weight excluding hydrogens is 352 g/mol. The number of para-hydroxylation sites is 1. The van der Waals surface area contributed by atoms with E-state index in [1.807, 2.05) is 0 Å². The molecule has 1 aliphatic rings. The fourth-order valence-corrected chi connectivity index (χ4v) is 2.62. The SMILES string of the molecule is COC(=O)C1=CC(C(=O)c2ccco2)=NN(c2ccccc2)C1C(=O)OC. The number of nitrogens with zero attached hydrogens (tertiary/aromatic N) is 2. The predicted molar refractivity (Wildman–Crippen MR) is 95.3 cm³/mol. The van der Waals surface area contributed by atoms with Gasteiger partial charge in [-0.25, -0.2) is 14.6 Å². The first-order chi connectivity index (χ1) is 13.1. The van der Waals surface area contributed by atoms with Crippen LogP contribution in [0, 0.1) is 0 Å². The van der Waals surface area contributed by atoms with Crippen LogP contribution in [0.25, 0.3) is 0 Å². The van der Waals surface area contributed by atoms with E-state index in [1.165, 1.54) is 37.6 Å². The van der Waals surface area contributed by atoms with Crippen LogP contribution in [-0.4, -0.2) is 43.7 Å². The number of benzene rings is 1. The molecule has 1 aromatic carbocycles. The van der Waals surface area contributed by atoms with E-state index in [0.717, 1.165) is 0 Å². The Kier molecular flexibility index (Phi) is 5.16. The van der Waals surface area contributed by atoms with Crippen molar-refractivity contribution in [2.75, 3.05) is 19.2 Å². The Bertz CT molecular complexity index is 915. The standard InChI is InChI=1S/C19H16N2O6/c1-25-18(23)13-11-14(17(22)15-9-6-10-27-15)20-21(16(13)19(24)26-2)12-7-4-3-5-8-12/h3-11,16H,1-2H3. The molecule has 1 aromatic heterocycles. The van der Waals surface area contributed by atoms with Crippen molar-refractivity contribution in [1.29, 1.82) is 0 Å². The first kappa shape index (κ1) is 18.1. The summed E-state index contributed by atoms with van der Waals surface area (Å²) in [7, 11) is 2.39. The fourth-order valence-electron chi connectivity index (χ4n) is 2.62. The van der Waals surface area contributed by atoms with Crippen LogP contribution in [0.3, 0.4) is 0 Å². The predicted octanol–water partition coefficient (Wildman–Crippen LogP) is 1.98. The van der Waals surface area contributed by atoms with Gasteiger partial charge in [0.1, 0.15) is 5.71 Å². The Hall–Kier alpha value is -3.68. The van der Waals surface area contributed by atoms with E-state index in [9.17, 15) is 14.4 Å². The van der Waals surface area contributed by atoms with Crippen LogP contribution in [0.5, 0.6) is 0 Å². The minimum atomic E-state index is -1.20. The molecule has 27 heavy (non-hydrogen) atoms. The quantitative estimate of drug-likeness (QED) is 0.588. The normalized spacial score (nSPS) is 16.2. The van der Waals surface area contributed by atoms with Gasteiger partial charge in [0.05, 0.1) is 31.7 Å². The van der Waals surface area contributed by atoms with Gasteiger partial charge in [0, 0.05) is 0 Å². The number of furan rings is 1. The summed E-state index contributed by atoms with van der Waals surface area (Å²) in [6.07, 6.45) is 2.57. The van der Waals surface area contributed by atoms with E-state index < -0.39 is 23.8 Å². The second-order valence-corrected chi connectivity index (χ2v) is 5.49. The van der Waals surface area contributed by atoms with Gasteiger partial charge >= 0.3 is 11.9 Å². The van der Waals surface area contributed by atoms with Gasteiger partial charge in [-0.3, -0.25) is 4.79 Å². The number of hydrogen-bond acceptors (Lipinski definition) is 8. The lowest BCUT2D eigenvalue weighted by molar-refractivity contribution is -0.144. The number of Topliss-reactive ketones (excluding diaryl/α,β-unsaturated/α-hetero) is 1. The topological polar surface area (TPSA) is 98.4 Å². The third-order valence-corrected chi connectivity index (χ3v) is 3.89. The molecule has 2 heterocycles. The average molecular weight is 368 g/mol. The van der Waals surface area contributed by atoms with Crippen LogP contribution in [0.2, 0.25) is 0 Å². The highest BCUT2D eigenvalue weighted by Crippen LogP contribution is 2.27. The molecule has 1 aliphatic heterocycles. The van der Waals surface area contributed by atoms with Crippen molar-refractivity contribution in [2.45, 2.75) is 6.04 Å². The molecular formula is C19H16N2O6. The van der Waals surface area contributed by atoms with Crippen LogP contribution in [0.1, 0.15) is 10.6 Å². The van der Waals surface area contributed by atoms with E-state index in [-0.39, 0.29) is 17.0 Å². The van der Waals surface area contributed by atoms with Crippen LogP contribution in [0.4, 0.5) is 5.69 Å². The number of ether oxygens (including phenoxy) is 2. The van der Waals surface area contributed by atoms with Gasteiger partial charge in [0.25, 0.3) is 0 Å². The zero-order chi connectivity index (χ0) is 19.4. The summed E-state index contributed by atoms with van der Waals surface area (Å²) in [6.45, 7) is 0. The highest BCUT2D eigenvalue weighted by Gasteiger charge is 2.39. The molecule has 138 valence electrons. The second-order valence-electron chi connectivity index (χ2n) is 5.49. The Labute approximate surface area is 154 Å². The molecule has 0 fully saturated rings. The number of allylic oxidation sites excluding steroid dienone is 1. The number of carbonyl (C=O) groups is 3. The van der Waals surface area contributed by atoms with Crippen LogP contribution in [-0.2, 0) is 19.1 Å². The van der Waals surface area contributed by atoms with Crippen molar-refractivity contribution in [1.82, 2.24) is 0 Å². The van der Waals surface area contributed by atoms with Crippen molar-refractivity contribution in [3.63, 3.8) is 0 Å². The van der Waals surface area contributed by atoms with E-state index in [2.05, 4.69) is 5.10 Å². The molecule has 2 aromatic rings.